The molecule has 0 saturated carbocycles. The number of oxime groups is 1. The lowest BCUT2D eigenvalue weighted by molar-refractivity contribution is -0.129. The highest BCUT2D eigenvalue weighted by Gasteiger charge is 2.14. The number of rotatable bonds is 5. The number of carboxylic acid groups (broad SMARTS) is 1. The first kappa shape index (κ1) is 14.5. The molecule has 1 aromatic heterocycles. The van der Waals surface area contributed by atoms with Crippen LogP contribution in [0.5, 0.6) is 0 Å². The summed E-state index contributed by atoms with van der Waals surface area (Å²) in [7, 11) is 0. The Balaban J connectivity index is 2.37. The second kappa shape index (κ2) is 6.51. The highest BCUT2D eigenvalue weighted by atomic mass is 16.4. The normalized spacial score (nSPS) is 11.3. The fourth-order valence-electron chi connectivity index (χ4n) is 1.99. The Kier molecular flexibility index (Phi) is 4.50. The summed E-state index contributed by atoms with van der Waals surface area (Å²) >= 11 is 0. The number of pyridine rings is 1. The molecule has 1 aromatic carbocycles. The van der Waals surface area contributed by atoms with Crippen molar-refractivity contribution in [2.45, 2.75) is 13.0 Å². The van der Waals surface area contributed by atoms with Gasteiger partial charge in [0.1, 0.15) is 0 Å². The van der Waals surface area contributed by atoms with E-state index in [2.05, 4.69) is 5.16 Å². The molecule has 0 aliphatic carbocycles. The van der Waals surface area contributed by atoms with Gasteiger partial charge in [0, 0.05) is 18.2 Å². The minimum absolute atomic E-state index is 0.130. The van der Waals surface area contributed by atoms with E-state index < -0.39 is 11.7 Å². The van der Waals surface area contributed by atoms with Crippen molar-refractivity contribution in [3.05, 3.63) is 70.1 Å². The molecular weight excluding hydrogens is 272 g/mol. The summed E-state index contributed by atoms with van der Waals surface area (Å²) in [5.74, 6) is -1.32. The first-order valence-electron chi connectivity index (χ1n) is 6.28. The van der Waals surface area contributed by atoms with Crippen molar-refractivity contribution in [3.63, 3.8) is 0 Å². The number of aromatic nitrogens is 1. The molecule has 0 aliphatic heterocycles. The molecule has 0 amide bonds. The highest BCUT2D eigenvalue weighted by Crippen LogP contribution is 2.06. The van der Waals surface area contributed by atoms with Gasteiger partial charge in [0.2, 0.25) is 0 Å². The maximum absolute atomic E-state index is 12.0. The molecular formula is C15H14N2O4. The van der Waals surface area contributed by atoms with Crippen molar-refractivity contribution in [3.8, 4) is 0 Å². The molecule has 6 nitrogen and oxygen atoms in total. The molecule has 0 unspecified atom stereocenters. The van der Waals surface area contributed by atoms with Gasteiger partial charge in [-0.1, -0.05) is 41.6 Å². The summed E-state index contributed by atoms with van der Waals surface area (Å²) in [5.41, 5.74) is 0.743. The van der Waals surface area contributed by atoms with Crippen LogP contribution in [-0.2, 0) is 17.8 Å². The van der Waals surface area contributed by atoms with Crippen LogP contribution in [0.15, 0.2) is 58.5 Å². The Hall–Kier alpha value is -2.89. The Labute approximate surface area is 120 Å². The Morgan fingerprint density at radius 1 is 1.10 bits per heavy atom. The number of benzene rings is 1. The number of hydrogen-bond donors (Lipinski definition) is 2. The van der Waals surface area contributed by atoms with E-state index in [4.69, 9.17) is 10.3 Å². The molecule has 0 aliphatic rings. The SMILES string of the molecule is O=C(O)/C(Cc1cccc(=O)n1Cc1ccccc1)=N\O. The van der Waals surface area contributed by atoms with Crippen LogP contribution in [0.1, 0.15) is 11.3 Å². The predicted octanol–water partition coefficient (Wildman–Crippen LogP) is 1.35. The first-order chi connectivity index (χ1) is 10.1. The van der Waals surface area contributed by atoms with Crippen LogP contribution < -0.4 is 5.56 Å². The molecule has 0 atom stereocenters. The molecule has 2 rings (SSSR count). The summed E-state index contributed by atoms with van der Waals surface area (Å²) in [5, 5.41) is 20.4. The van der Waals surface area contributed by atoms with Gasteiger partial charge >= 0.3 is 5.97 Å². The quantitative estimate of drug-likeness (QED) is 0.493. The lowest BCUT2D eigenvalue weighted by atomic mass is 10.1. The van der Waals surface area contributed by atoms with Gasteiger partial charge in [-0.05, 0) is 11.6 Å². The van der Waals surface area contributed by atoms with E-state index in [1.54, 1.807) is 12.1 Å². The molecule has 0 fully saturated rings. The largest absolute Gasteiger partial charge is 0.477 e. The van der Waals surface area contributed by atoms with Crippen molar-refractivity contribution < 1.29 is 15.1 Å². The fraction of sp³-hybridized carbons (Fsp3) is 0.133. The number of carbonyl (C=O) groups is 1. The Bertz CT molecular complexity index is 720. The second-order valence-electron chi connectivity index (χ2n) is 4.46. The zero-order valence-electron chi connectivity index (χ0n) is 11.1. The molecule has 21 heavy (non-hydrogen) atoms. The second-order valence-corrected chi connectivity index (χ2v) is 4.46. The van der Waals surface area contributed by atoms with Crippen molar-refractivity contribution >= 4 is 11.7 Å². The molecule has 2 N–H and O–H groups in total. The average molecular weight is 286 g/mol. The minimum atomic E-state index is -1.32. The zero-order chi connectivity index (χ0) is 15.2. The first-order valence-corrected chi connectivity index (χ1v) is 6.28. The van der Waals surface area contributed by atoms with E-state index in [0.29, 0.717) is 12.2 Å². The van der Waals surface area contributed by atoms with Crippen LogP contribution in [0, 0.1) is 0 Å². The molecule has 1 heterocycles. The molecule has 0 spiro atoms. The third-order valence-corrected chi connectivity index (χ3v) is 3.04. The van der Waals surface area contributed by atoms with Crippen LogP contribution in [0.4, 0.5) is 0 Å². The van der Waals surface area contributed by atoms with E-state index in [0.717, 1.165) is 5.56 Å². The topological polar surface area (TPSA) is 91.9 Å². The molecule has 108 valence electrons. The third-order valence-electron chi connectivity index (χ3n) is 3.04. The lowest BCUT2D eigenvalue weighted by Crippen LogP contribution is -2.26. The lowest BCUT2D eigenvalue weighted by Gasteiger charge is -2.12. The molecule has 6 heteroatoms. The standard InChI is InChI=1S/C15H14N2O4/c18-14-8-4-7-12(9-13(16-21)15(19)20)17(14)10-11-5-2-1-3-6-11/h1-8,21H,9-10H2,(H,19,20)/b16-13-. The van der Waals surface area contributed by atoms with Gasteiger partial charge in [0.05, 0.1) is 6.54 Å². The van der Waals surface area contributed by atoms with Crippen molar-refractivity contribution in [1.82, 2.24) is 4.57 Å². The smallest absolute Gasteiger partial charge is 0.354 e. The van der Waals surface area contributed by atoms with E-state index in [1.165, 1.54) is 10.6 Å². The fourth-order valence-corrected chi connectivity index (χ4v) is 1.99. The van der Waals surface area contributed by atoms with Gasteiger partial charge in [-0.25, -0.2) is 4.79 Å². The van der Waals surface area contributed by atoms with E-state index in [-0.39, 0.29) is 12.0 Å². The maximum atomic E-state index is 12.0. The third kappa shape index (κ3) is 3.56. The van der Waals surface area contributed by atoms with Crippen molar-refractivity contribution in [1.29, 1.82) is 0 Å². The zero-order valence-corrected chi connectivity index (χ0v) is 11.1. The summed E-state index contributed by atoms with van der Waals surface area (Å²) < 4.78 is 1.46. The van der Waals surface area contributed by atoms with Crippen LogP contribution in [0.2, 0.25) is 0 Å². The van der Waals surface area contributed by atoms with Crippen LogP contribution in [0.3, 0.4) is 0 Å². The van der Waals surface area contributed by atoms with E-state index in [9.17, 15) is 9.59 Å². The van der Waals surface area contributed by atoms with Gasteiger partial charge in [-0.2, -0.15) is 0 Å². The number of hydrogen-bond acceptors (Lipinski definition) is 4. The van der Waals surface area contributed by atoms with Crippen LogP contribution in [-0.4, -0.2) is 26.6 Å². The Morgan fingerprint density at radius 3 is 2.43 bits per heavy atom. The summed E-state index contributed by atoms with van der Waals surface area (Å²) in [6.07, 6.45) is -0.130. The molecule has 0 radical (unpaired) electrons. The van der Waals surface area contributed by atoms with Crippen molar-refractivity contribution in [2.75, 3.05) is 0 Å². The van der Waals surface area contributed by atoms with E-state index in [1.807, 2.05) is 30.3 Å². The summed E-state index contributed by atoms with van der Waals surface area (Å²) in [6.45, 7) is 0.328. The van der Waals surface area contributed by atoms with Gasteiger partial charge in [0.15, 0.2) is 5.71 Å². The van der Waals surface area contributed by atoms with Crippen molar-refractivity contribution in [2.24, 2.45) is 5.16 Å². The molecule has 0 saturated heterocycles. The van der Waals surface area contributed by atoms with E-state index >= 15 is 0 Å². The van der Waals surface area contributed by atoms with Gasteiger partial charge in [-0.15, -0.1) is 0 Å². The number of nitrogens with zero attached hydrogens (tertiary/aromatic N) is 2. The minimum Gasteiger partial charge on any atom is -0.477 e. The maximum Gasteiger partial charge on any atom is 0.354 e. The summed E-state index contributed by atoms with van der Waals surface area (Å²) in [6, 6.07) is 13.9. The van der Waals surface area contributed by atoms with Gasteiger partial charge < -0.3 is 14.9 Å². The van der Waals surface area contributed by atoms with Crippen LogP contribution >= 0.6 is 0 Å². The molecule has 2 aromatic rings. The summed E-state index contributed by atoms with van der Waals surface area (Å²) in [4.78, 5) is 22.9. The average Bonchev–Trinajstić information content (AvgIpc) is 2.48. The predicted molar refractivity (Wildman–Crippen MR) is 76.8 cm³/mol. The Morgan fingerprint density at radius 2 is 1.81 bits per heavy atom. The number of carboxylic acids is 1. The van der Waals surface area contributed by atoms with Gasteiger partial charge in [-0.3, -0.25) is 4.79 Å². The van der Waals surface area contributed by atoms with Gasteiger partial charge in [0.25, 0.3) is 5.56 Å². The monoisotopic (exact) mass is 286 g/mol. The highest BCUT2D eigenvalue weighted by molar-refractivity contribution is 6.35. The molecule has 0 bridgehead atoms. The number of aliphatic carboxylic acids is 1. The van der Waals surface area contributed by atoms with Crippen LogP contribution in [0.25, 0.3) is 0 Å².